The third kappa shape index (κ3) is 5.14. The van der Waals surface area contributed by atoms with E-state index in [1.165, 1.54) is 11.8 Å². The number of nitrogens with one attached hydrogen (secondary N) is 1. The van der Waals surface area contributed by atoms with Gasteiger partial charge in [-0.25, -0.2) is 0 Å². The van der Waals surface area contributed by atoms with Crippen LogP contribution in [0, 0.1) is 6.92 Å². The number of hydrogen-bond acceptors (Lipinski definition) is 5. The molecule has 0 aliphatic heterocycles. The highest BCUT2D eigenvalue weighted by Crippen LogP contribution is 2.24. The Morgan fingerprint density at radius 2 is 2.00 bits per heavy atom. The molecule has 0 saturated heterocycles. The van der Waals surface area contributed by atoms with Crippen LogP contribution in [-0.2, 0) is 11.8 Å². The molecule has 0 bridgehead atoms. The van der Waals surface area contributed by atoms with Gasteiger partial charge in [-0.2, -0.15) is 0 Å². The van der Waals surface area contributed by atoms with Crippen molar-refractivity contribution in [1.29, 1.82) is 0 Å². The van der Waals surface area contributed by atoms with Crippen molar-refractivity contribution in [3.8, 4) is 5.75 Å². The van der Waals surface area contributed by atoms with Crippen molar-refractivity contribution in [1.82, 2.24) is 14.8 Å². The first-order valence-electron chi connectivity index (χ1n) is 8.74. The topological polar surface area (TPSA) is 69.0 Å². The number of ether oxygens (including phenoxy) is 1. The van der Waals surface area contributed by atoms with E-state index in [0.29, 0.717) is 11.0 Å². The average molecular weight is 461 g/mol. The molecule has 0 saturated carbocycles. The van der Waals surface area contributed by atoms with E-state index in [-0.39, 0.29) is 17.8 Å². The van der Waals surface area contributed by atoms with Crippen molar-refractivity contribution in [2.75, 3.05) is 11.1 Å². The summed E-state index contributed by atoms with van der Waals surface area (Å²) in [5.74, 6) is 1.63. The van der Waals surface area contributed by atoms with Crippen LogP contribution in [0.25, 0.3) is 0 Å². The number of hydrogen-bond donors (Lipinski definition) is 1. The van der Waals surface area contributed by atoms with Crippen LogP contribution in [0.4, 0.5) is 5.69 Å². The van der Waals surface area contributed by atoms with Gasteiger partial charge >= 0.3 is 0 Å². The summed E-state index contributed by atoms with van der Waals surface area (Å²) in [5, 5.41) is 12.0. The summed E-state index contributed by atoms with van der Waals surface area (Å²) in [6.45, 7) is 3.88. The number of aryl methyl sites for hydroxylation is 1. The number of halogens is 1. The number of carbonyl (C=O) groups excluding carboxylic acids is 1. The van der Waals surface area contributed by atoms with Crippen LogP contribution in [0.2, 0.25) is 0 Å². The number of para-hydroxylation sites is 1. The molecule has 28 heavy (non-hydrogen) atoms. The molecule has 146 valence electrons. The third-order valence-corrected chi connectivity index (χ3v) is 5.60. The molecule has 8 heteroatoms. The largest absolute Gasteiger partial charge is 0.483 e. The molecule has 0 aliphatic carbocycles. The van der Waals surface area contributed by atoms with Gasteiger partial charge in [0.2, 0.25) is 5.91 Å². The first-order chi connectivity index (χ1) is 13.4. The lowest BCUT2D eigenvalue weighted by Crippen LogP contribution is -2.15. The Kier molecular flexibility index (Phi) is 6.74. The maximum Gasteiger partial charge on any atom is 0.234 e. The van der Waals surface area contributed by atoms with Gasteiger partial charge in [-0.3, -0.25) is 4.79 Å². The van der Waals surface area contributed by atoms with Crippen LogP contribution in [0.3, 0.4) is 0 Å². The molecule has 6 nitrogen and oxygen atoms in total. The van der Waals surface area contributed by atoms with Crippen molar-refractivity contribution in [3.63, 3.8) is 0 Å². The predicted molar refractivity (Wildman–Crippen MR) is 115 cm³/mol. The number of carbonyl (C=O) groups is 1. The number of thioether (sulfide) groups is 1. The number of benzene rings is 2. The molecule has 0 radical (unpaired) electrons. The van der Waals surface area contributed by atoms with Gasteiger partial charge in [0.25, 0.3) is 0 Å². The first-order valence-corrected chi connectivity index (χ1v) is 10.5. The summed E-state index contributed by atoms with van der Waals surface area (Å²) < 4.78 is 8.75. The number of amides is 1. The van der Waals surface area contributed by atoms with Crippen LogP contribution >= 0.6 is 27.7 Å². The summed E-state index contributed by atoms with van der Waals surface area (Å²) >= 11 is 4.76. The van der Waals surface area contributed by atoms with E-state index in [1.807, 2.05) is 74.0 Å². The van der Waals surface area contributed by atoms with Gasteiger partial charge in [-0.15, -0.1) is 10.2 Å². The molecule has 1 N–H and O–H groups in total. The number of aromatic nitrogens is 3. The molecule has 1 amide bonds. The highest BCUT2D eigenvalue weighted by Gasteiger charge is 2.18. The maximum absolute atomic E-state index is 12.3. The fraction of sp³-hybridized carbons (Fsp3) is 0.250. The minimum absolute atomic E-state index is 0.0893. The summed E-state index contributed by atoms with van der Waals surface area (Å²) in [5.41, 5.74) is 1.80. The van der Waals surface area contributed by atoms with Crippen molar-refractivity contribution < 1.29 is 9.53 Å². The molecule has 0 spiro atoms. The van der Waals surface area contributed by atoms with Crippen molar-refractivity contribution in [2.45, 2.75) is 25.1 Å². The summed E-state index contributed by atoms with van der Waals surface area (Å²) in [4.78, 5) is 12.3. The van der Waals surface area contributed by atoms with Gasteiger partial charge in [0.05, 0.1) is 5.75 Å². The number of anilines is 1. The molecule has 2 aromatic carbocycles. The molecule has 0 fully saturated rings. The maximum atomic E-state index is 12.3. The van der Waals surface area contributed by atoms with Crippen molar-refractivity contribution >= 4 is 39.3 Å². The third-order valence-electron chi connectivity index (χ3n) is 4.08. The van der Waals surface area contributed by atoms with E-state index in [4.69, 9.17) is 4.74 Å². The Hall–Kier alpha value is -2.32. The van der Waals surface area contributed by atoms with E-state index in [1.54, 1.807) is 0 Å². The molecular weight excluding hydrogens is 440 g/mol. The van der Waals surface area contributed by atoms with Crippen molar-refractivity contribution in [2.24, 2.45) is 7.05 Å². The summed E-state index contributed by atoms with van der Waals surface area (Å²) in [6.07, 6.45) is -0.256. The second-order valence-electron chi connectivity index (χ2n) is 6.27. The predicted octanol–water partition coefficient (Wildman–Crippen LogP) is 4.76. The van der Waals surface area contributed by atoms with Gasteiger partial charge in [0.15, 0.2) is 17.1 Å². The SMILES string of the molecule is Cc1cc(Br)ccc1NC(=O)CSc1nnc([C@H](C)Oc2ccccc2)n1C. The first kappa shape index (κ1) is 20.4. The number of nitrogens with zero attached hydrogens (tertiary/aromatic N) is 3. The molecule has 3 aromatic rings. The van der Waals surface area contributed by atoms with Crippen molar-refractivity contribution in [3.05, 3.63) is 64.4 Å². The van der Waals surface area contributed by atoms with Gasteiger partial charge in [-0.1, -0.05) is 45.9 Å². The van der Waals surface area contributed by atoms with Crippen LogP contribution in [-0.4, -0.2) is 26.4 Å². The second kappa shape index (κ2) is 9.25. The van der Waals surface area contributed by atoms with E-state index in [9.17, 15) is 4.79 Å². The Bertz CT molecular complexity index is 962. The lowest BCUT2D eigenvalue weighted by molar-refractivity contribution is -0.113. The van der Waals surface area contributed by atoms with Crippen LogP contribution in [0.1, 0.15) is 24.4 Å². The highest BCUT2D eigenvalue weighted by atomic mass is 79.9. The molecule has 3 rings (SSSR count). The van der Waals surface area contributed by atoms with Gasteiger partial charge in [-0.05, 0) is 49.7 Å². The molecule has 0 unspecified atom stereocenters. The highest BCUT2D eigenvalue weighted by molar-refractivity contribution is 9.10. The molecule has 1 aromatic heterocycles. The Balaban J connectivity index is 1.58. The Morgan fingerprint density at radius 3 is 2.71 bits per heavy atom. The zero-order valence-electron chi connectivity index (χ0n) is 15.8. The molecule has 1 heterocycles. The van der Waals surface area contributed by atoms with Gasteiger partial charge in [0, 0.05) is 17.2 Å². The van der Waals surface area contributed by atoms with Crippen LogP contribution in [0.5, 0.6) is 5.75 Å². The molecule has 1 atom stereocenters. The lowest BCUT2D eigenvalue weighted by Gasteiger charge is -2.14. The number of rotatable bonds is 7. The molecule has 0 aliphatic rings. The minimum Gasteiger partial charge on any atom is -0.483 e. The zero-order chi connectivity index (χ0) is 20.1. The van der Waals surface area contributed by atoms with E-state index in [0.717, 1.165) is 21.5 Å². The van der Waals surface area contributed by atoms with E-state index in [2.05, 4.69) is 31.4 Å². The van der Waals surface area contributed by atoms with E-state index < -0.39 is 0 Å². The Morgan fingerprint density at radius 1 is 1.25 bits per heavy atom. The molecular formula is C20H21BrN4O2S. The fourth-order valence-corrected chi connectivity index (χ4v) is 3.84. The smallest absolute Gasteiger partial charge is 0.234 e. The summed E-state index contributed by atoms with van der Waals surface area (Å²) in [6, 6.07) is 15.3. The van der Waals surface area contributed by atoms with Gasteiger partial charge in [0.1, 0.15) is 5.75 Å². The fourth-order valence-electron chi connectivity index (χ4n) is 2.65. The summed E-state index contributed by atoms with van der Waals surface area (Å²) in [7, 11) is 1.87. The van der Waals surface area contributed by atoms with E-state index >= 15 is 0 Å². The quantitative estimate of drug-likeness (QED) is 0.514. The Labute approximate surface area is 176 Å². The second-order valence-corrected chi connectivity index (χ2v) is 8.13. The standard InChI is InChI=1S/C20H21BrN4O2S/c1-13-11-15(21)9-10-17(13)22-18(26)12-28-20-24-23-19(25(20)3)14(2)27-16-7-5-4-6-8-16/h4-11,14H,12H2,1-3H3,(H,22,26)/t14-/m0/s1. The normalized spacial score (nSPS) is 11.9. The lowest BCUT2D eigenvalue weighted by atomic mass is 10.2. The monoisotopic (exact) mass is 460 g/mol. The zero-order valence-corrected chi connectivity index (χ0v) is 18.3. The van der Waals surface area contributed by atoms with Crippen LogP contribution in [0.15, 0.2) is 58.2 Å². The van der Waals surface area contributed by atoms with Gasteiger partial charge < -0.3 is 14.6 Å². The average Bonchev–Trinajstić information content (AvgIpc) is 3.04. The minimum atomic E-state index is -0.256. The van der Waals surface area contributed by atoms with Crippen LogP contribution < -0.4 is 10.1 Å².